The molecule has 0 radical (unpaired) electrons. The summed E-state index contributed by atoms with van der Waals surface area (Å²) in [6, 6.07) is 0.622. The zero-order valence-corrected chi connectivity index (χ0v) is 17.9. The standard InChI is InChI=1S/C20H38N4O2S/c1-15-7-9-16(10-8-15)19-17-5-3-4-6-18(17)20(22-21-19)23-11-13-24(14-12-23)27(2,25)26/h15-22H,3-14H2,1-2H3. The minimum atomic E-state index is -3.06. The van der Waals surface area contributed by atoms with Gasteiger partial charge in [0.15, 0.2) is 0 Å². The monoisotopic (exact) mass is 398 g/mol. The van der Waals surface area contributed by atoms with Crippen LogP contribution in [0.5, 0.6) is 0 Å². The average molecular weight is 399 g/mol. The lowest BCUT2D eigenvalue weighted by Crippen LogP contribution is -2.69. The second-order valence-electron chi connectivity index (χ2n) is 9.59. The summed E-state index contributed by atoms with van der Waals surface area (Å²) in [6.45, 7) is 5.32. The normalized spacial score (nSPS) is 42.6. The fraction of sp³-hybridized carbons (Fsp3) is 1.00. The average Bonchev–Trinajstić information content (AvgIpc) is 2.67. The minimum Gasteiger partial charge on any atom is -0.284 e. The second kappa shape index (κ2) is 8.27. The van der Waals surface area contributed by atoms with Crippen LogP contribution in [-0.4, -0.2) is 62.3 Å². The van der Waals surface area contributed by atoms with Crippen molar-refractivity contribution >= 4 is 10.0 Å². The topological polar surface area (TPSA) is 64.7 Å². The molecule has 4 unspecified atom stereocenters. The summed E-state index contributed by atoms with van der Waals surface area (Å²) in [7, 11) is -3.06. The number of fused-ring (bicyclic) bond motifs is 1. The molecule has 4 atom stereocenters. The van der Waals surface area contributed by atoms with Crippen molar-refractivity contribution in [1.29, 1.82) is 0 Å². The summed E-state index contributed by atoms with van der Waals surface area (Å²) >= 11 is 0. The van der Waals surface area contributed by atoms with E-state index in [4.69, 9.17) is 0 Å². The van der Waals surface area contributed by atoms with Crippen LogP contribution in [0.3, 0.4) is 0 Å². The molecular weight excluding hydrogens is 360 g/mol. The van der Waals surface area contributed by atoms with Gasteiger partial charge in [-0.05, 0) is 49.4 Å². The van der Waals surface area contributed by atoms with Crippen LogP contribution < -0.4 is 10.9 Å². The van der Waals surface area contributed by atoms with Crippen molar-refractivity contribution in [2.75, 3.05) is 32.4 Å². The molecule has 0 bridgehead atoms. The first-order valence-electron chi connectivity index (χ1n) is 11.1. The zero-order chi connectivity index (χ0) is 19.0. The van der Waals surface area contributed by atoms with E-state index in [2.05, 4.69) is 22.7 Å². The summed E-state index contributed by atoms with van der Waals surface area (Å²) in [5.74, 6) is 3.20. The number of piperazine rings is 1. The molecule has 2 aliphatic heterocycles. The molecule has 7 heteroatoms. The van der Waals surface area contributed by atoms with Gasteiger partial charge in [-0.3, -0.25) is 10.3 Å². The Hall–Kier alpha value is -0.210. The molecule has 2 heterocycles. The number of hydrazine groups is 1. The SMILES string of the molecule is CC1CCC(C2NNC(N3CCN(S(C)(=O)=O)CC3)C3CCCCC32)CC1. The molecule has 2 saturated carbocycles. The van der Waals surface area contributed by atoms with E-state index in [0.717, 1.165) is 30.8 Å². The van der Waals surface area contributed by atoms with E-state index >= 15 is 0 Å². The van der Waals surface area contributed by atoms with Crippen molar-refractivity contribution in [3.8, 4) is 0 Å². The van der Waals surface area contributed by atoms with Gasteiger partial charge in [-0.2, -0.15) is 4.31 Å². The fourth-order valence-electron chi connectivity index (χ4n) is 6.21. The van der Waals surface area contributed by atoms with Crippen LogP contribution in [0.1, 0.15) is 58.3 Å². The number of nitrogens with one attached hydrogen (secondary N) is 2. The highest BCUT2D eigenvalue weighted by atomic mass is 32.2. The van der Waals surface area contributed by atoms with Gasteiger partial charge in [0.05, 0.1) is 12.4 Å². The Kier molecular flexibility index (Phi) is 6.15. The highest BCUT2D eigenvalue weighted by molar-refractivity contribution is 7.88. The van der Waals surface area contributed by atoms with Gasteiger partial charge in [0.2, 0.25) is 10.0 Å². The van der Waals surface area contributed by atoms with Gasteiger partial charge in [0, 0.05) is 32.2 Å². The summed E-state index contributed by atoms with van der Waals surface area (Å²) in [5.41, 5.74) is 7.48. The van der Waals surface area contributed by atoms with E-state index < -0.39 is 10.0 Å². The van der Waals surface area contributed by atoms with Gasteiger partial charge >= 0.3 is 0 Å². The maximum atomic E-state index is 11.8. The van der Waals surface area contributed by atoms with Crippen molar-refractivity contribution in [2.45, 2.75) is 70.5 Å². The third-order valence-corrected chi connectivity index (χ3v) is 9.15. The van der Waals surface area contributed by atoms with Crippen molar-refractivity contribution in [2.24, 2.45) is 23.7 Å². The van der Waals surface area contributed by atoms with Crippen molar-refractivity contribution < 1.29 is 8.42 Å². The lowest BCUT2D eigenvalue weighted by Gasteiger charge is -2.53. The fourth-order valence-corrected chi connectivity index (χ4v) is 7.04. The predicted octanol–water partition coefficient (Wildman–Crippen LogP) is 2.00. The van der Waals surface area contributed by atoms with Crippen molar-refractivity contribution in [3.05, 3.63) is 0 Å². The maximum absolute atomic E-state index is 11.8. The number of nitrogens with zero attached hydrogens (tertiary/aromatic N) is 2. The summed E-state index contributed by atoms with van der Waals surface area (Å²) in [4.78, 5) is 2.50. The molecule has 2 saturated heterocycles. The van der Waals surface area contributed by atoms with Crippen LogP contribution in [-0.2, 0) is 10.0 Å². The quantitative estimate of drug-likeness (QED) is 0.761. The van der Waals surface area contributed by atoms with Gasteiger partial charge in [-0.1, -0.05) is 32.6 Å². The summed E-state index contributed by atoms with van der Waals surface area (Å²) in [5, 5.41) is 0. The first kappa shape index (κ1) is 20.1. The molecule has 156 valence electrons. The zero-order valence-electron chi connectivity index (χ0n) is 17.1. The molecule has 4 fully saturated rings. The predicted molar refractivity (Wildman–Crippen MR) is 108 cm³/mol. The van der Waals surface area contributed by atoms with Gasteiger partial charge < -0.3 is 0 Å². The molecule has 27 heavy (non-hydrogen) atoms. The second-order valence-corrected chi connectivity index (χ2v) is 11.6. The van der Waals surface area contributed by atoms with E-state index in [1.165, 1.54) is 57.6 Å². The number of hydrogen-bond acceptors (Lipinski definition) is 5. The molecule has 2 N–H and O–H groups in total. The molecule has 4 aliphatic rings. The Labute approximate surface area is 165 Å². The first-order chi connectivity index (χ1) is 12.9. The van der Waals surface area contributed by atoms with Crippen LogP contribution in [0.25, 0.3) is 0 Å². The molecule has 0 aromatic rings. The Bertz CT molecular complexity index is 597. The van der Waals surface area contributed by atoms with Crippen molar-refractivity contribution in [1.82, 2.24) is 20.1 Å². The number of hydrogen-bond donors (Lipinski definition) is 2. The smallest absolute Gasteiger partial charge is 0.211 e. The Balaban J connectivity index is 1.41. The lowest BCUT2D eigenvalue weighted by atomic mass is 9.66. The van der Waals surface area contributed by atoms with Gasteiger partial charge in [-0.15, -0.1) is 0 Å². The molecular formula is C20H38N4O2S. The number of sulfonamides is 1. The molecule has 0 aromatic heterocycles. The molecule has 0 aromatic carbocycles. The van der Waals surface area contributed by atoms with Crippen LogP contribution >= 0.6 is 0 Å². The largest absolute Gasteiger partial charge is 0.284 e. The van der Waals surface area contributed by atoms with Crippen LogP contribution in [0.2, 0.25) is 0 Å². The maximum Gasteiger partial charge on any atom is 0.211 e. The third-order valence-electron chi connectivity index (χ3n) is 7.84. The van der Waals surface area contributed by atoms with Crippen LogP contribution in [0, 0.1) is 23.7 Å². The van der Waals surface area contributed by atoms with E-state index in [0.29, 0.717) is 31.2 Å². The third kappa shape index (κ3) is 4.37. The summed E-state index contributed by atoms with van der Waals surface area (Å²) < 4.78 is 25.3. The minimum absolute atomic E-state index is 0.357. The van der Waals surface area contributed by atoms with E-state index in [9.17, 15) is 8.42 Å². The van der Waals surface area contributed by atoms with E-state index in [1.807, 2.05) is 0 Å². The Morgan fingerprint density at radius 1 is 0.815 bits per heavy atom. The lowest BCUT2D eigenvalue weighted by molar-refractivity contribution is -0.0398. The van der Waals surface area contributed by atoms with Gasteiger partial charge in [-0.25, -0.2) is 13.8 Å². The van der Waals surface area contributed by atoms with Crippen LogP contribution in [0.15, 0.2) is 0 Å². The molecule has 0 amide bonds. The van der Waals surface area contributed by atoms with Gasteiger partial charge in [0.25, 0.3) is 0 Å². The highest BCUT2D eigenvalue weighted by Gasteiger charge is 2.46. The van der Waals surface area contributed by atoms with Crippen LogP contribution in [0.4, 0.5) is 0 Å². The molecule has 2 aliphatic carbocycles. The molecule has 4 rings (SSSR count). The van der Waals surface area contributed by atoms with E-state index in [-0.39, 0.29) is 0 Å². The number of rotatable bonds is 3. The van der Waals surface area contributed by atoms with Gasteiger partial charge in [0.1, 0.15) is 0 Å². The summed E-state index contributed by atoms with van der Waals surface area (Å²) in [6.07, 6.45) is 12.6. The molecule has 6 nitrogen and oxygen atoms in total. The molecule has 0 spiro atoms. The first-order valence-corrected chi connectivity index (χ1v) is 13.0. The van der Waals surface area contributed by atoms with Crippen molar-refractivity contribution in [3.63, 3.8) is 0 Å². The Morgan fingerprint density at radius 2 is 1.44 bits per heavy atom. The Morgan fingerprint density at radius 3 is 2.07 bits per heavy atom. The highest BCUT2D eigenvalue weighted by Crippen LogP contribution is 2.43. The van der Waals surface area contributed by atoms with E-state index in [1.54, 1.807) is 4.31 Å².